The van der Waals surface area contributed by atoms with Gasteiger partial charge in [-0.3, -0.25) is 9.59 Å². The third kappa shape index (κ3) is 3.01. The van der Waals surface area contributed by atoms with Gasteiger partial charge >= 0.3 is 11.9 Å². The van der Waals surface area contributed by atoms with Gasteiger partial charge in [0.05, 0.1) is 17.7 Å². The second-order valence-electron chi connectivity index (χ2n) is 6.54. The van der Waals surface area contributed by atoms with Crippen molar-refractivity contribution in [3.63, 3.8) is 0 Å². The molecule has 0 amide bonds. The number of hydrogen-bond donors (Lipinski definition) is 0. The zero-order valence-corrected chi connectivity index (χ0v) is 15.9. The molecule has 6 nitrogen and oxygen atoms in total. The van der Waals surface area contributed by atoms with Crippen molar-refractivity contribution in [3.8, 4) is 0 Å². The Morgan fingerprint density at radius 1 is 0.893 bits per heavy atom. The molecule has 2 aromatic carbocycles. The van der Waals surface area contributed by atoms with Crippen molar-refractivity contribution in [2.75, 3.05) is 6.61 Å². The molecule has 0 fully saturated rings. The maximum Gasteiger partial charge on any atom is 0.340 e. The smallest absolute Gasteiger partial charge is 0.340 e. The van der Waals surface area contributed by atoms with Crippen molar-refractivity contribution < 1.29 is 28.7 Å². The van der Waals surface area contributed by atoms with E-state index in [0.29, 0.717) is 12.0 Å². The predicted octanol–water partition coefficient (Wildman–Crippen LogP) is 3.42. The minimum absolute atomic E-state index is 0.0163. The average molecular weight is 380 g/mol. The molecule has 0 aliphatic heterocycles. The van der Waals surface area contributed by atoms with Crippen LogP contribution in [0.5, 0.6) is 0 Å². The van der Waals surface area contributed by atoms with Gasteiger partial charge < -0.3 is 9.47 Å². The Kier molecular flexibility index (Phi) is 5.14. The van der Waals surface area contributed by atoms with E-state index in [4.69, 9.17) is 9.47 Å². The quantitative estimate of drug-likeness (QED) is 0.583. The number of esters is 2. The Bertz CT molecular complexity index is 990. The average Bonchev–Trinajstić information content (AvgIpc) is 2.89. The summed E-state index contributed by atoms with van der Waals surface area (Å²) in [6, 6.07) is 11.0. The number of benzene rings is 2. The second kappa shape index (κ2) is 7.38. The molecule has 28 heavy (non-hydrogen) atoms. The number of carbonyl (C=O) groups excluding carboxylic acids is 4. The minimum atomic E-state index is -1.97. The van der Waals surface area contributed by atoms with Crippen LogP contribution >= 0.6 is 0 Å². The molecule has 3 rings (SSSR count). The molecule has 0 bridgehead atoms. The minimum Gasteiger partial charge on any atom is -0.462 e. The highest BCUT2D eigenvalue weighted by molar-refractivity contribution is 6.33. The van der Waals surface area contributed by atoms with Crippen LogP contribution in [0.3, 0.4) is 0 Å². The summed E-state index contributed by atoms with van der Waals surface area (Å²) in [5, 5.41) is 0. The number of aryl methyl sites for hydroxylation is 1. The zero-order chi connectivity index (χ0) is 20.5. The largest absolute Gasteiger partial charge is 0.462 e. The molecule has 2 aromatic rings. The van der Waals surface area contributed by atoms with Crippen molar-refractivity contribution in [2.45, 2.75) is 32.8 Å². The number of fused-ring (bicyclic) bond motifs is 1. The standard InChI is InChI=1S/C22H20O6/c1-4-13-9-8-12-16-17(13)19(24)22(3,18(16)23)28-21(26)15-11-7-6-10-14(15)20(25)27-5-2/h6-12H,4-5H2,1-3H3. The van der Waals surface area contributed by atoms with Gasteiger partial charge in [-0.15, -0.1) is 0 Å². The highest BCUT2D eigenvalue weighted by Gasteiger charge is 2.53. The van der Waals surface area contributed by atoms with Crippen LogP contribution in [0.25, 0.3) is 0 Å². The fourth-order valence-electron chi connectivity index (χ4n) is 3.33. The highest BCUT2D eigenvalue weighted by Crippen LogP contribution is 2.35. The first-order valence-corrected chi connectivity index (χ1v) is 9.06. The molecule has 1 unspecified atom stereocenters. The van der Waals surface area contributed by atoms with Gasteiger partial charge in [0.2, 0.25) is 17.2 Å². The number of hydrogen-bond acceptors (Lipinski definition) is 6. The molecule has 0 saturated carbocycles. The van der Waals surface area contributed by atoms with Crippen LogP contribution in [0.4, 0.5) is 0 Å². The Labute approximate surface area is 162 Å². The number of Topliss-reactive ketones (excluding diaryl/α,β-unsaturated/α-hetero) is 2. The van der Waals surface area contributed by atoms with Gasteiger partial charge in [-0.05, 0) is 38.0 Å². The first kappa shape index (κ1) is 19.5. The van der Waals surface area contributed by atoms with Gasteiger partial charge in [0, 0.05) is 11.1 Å². The normalized spacial score (nSPS) is 18.0. The maximum atomic E-state index is 13.0. The van der Waals surface area contributed by atoms with Crippen LogP contribution < -0.4 is 0 Å². The molecule has 1 aliphatic carbocycles. The lowest BCUT2D eigenvalue weighted by molar-refractivity contribution is 0.00387. The number of rotatable bonds is 5. The summed E-state index contributed by atoms with van der Waals surface area (Å²) in [4.78, 5) is 50.8. The summed E-state index contributed by atoms with van der Waals surface area (Å²) in [7, 11) is 0. The molecule has 1 atom stereocenters. The lowest BCUT2D eigenvalue weighted by Crippen LogP contribution is -2.43. The van der Waals surface area contributed by atoms with Crippen LogP contribution in [0, 0.1) is 0 Å². The molecule has 1 aliphatic rings. The van der Waals surface area contributed by atoms with Crippen molar-refractivity contribution in [1.29, 1.82) is 0 Å². The van der Waals surface area contributed by atoms with E-state index in [0.717, 1.165) is 5.56 Å². The van der Waals surface area contributed by atoms with Gasteiger partial charge in [0.15, 0.2) is 0 Å². The first-order valence-electron chi connectivity index (χ1n) is 9.06. The Balaban J connectivity index is 1.97. The molecular formula is C22H20O6. The zero-order valence-electron chi connectivity index (χ0n) is 15.9. The maximum absolute atomic E-state index is 13.0. The number of ether oxygens (including phenoxy) is 2. The van der Waals surface area contributed by atoms with Gasteiger partial charge in [-0.2, -0.15) is 0 Å². The van der Waals surface area contributed by atoms with Crippen LogP contribution in [-0.2, 0) is 15.9 Å². The van der Waals surface area contributed by atoms with Crippen molar-refractivity contribution in [3.05, 3.63) is 70.3 Å². The summed E-state index contributed by atoms with van der Waals surface area (Å²) in [5.74, 6) is -2.73. The fourth-order valence-corrected chi connectivity index (χ4v) is 3.33. The van der Waals surface area contributed by atoms with Gasteiger partial charge in [0.25, 0.3) is 0 Å². The summed E-state index contributed by atoms with van der Waals surface area (Å²) >= 11 is 0. The molecule has 0 radical (unpaired) electrons. The molecule has 0 spiro atoms. The highest BCUT2D eigenvalue weighted by atomic mass is 16.6. The first-order chi connectivity index (χ1) is 13.3. The Morgan fingerprint density at radius 3 is 2.14 bits per heavy atom. The van der Waals surface area contributed by atoms with E-state index in [2.05, 4.69) is 0 Å². The monoisotopic (exact) mass is 380 g/mol. The van der Waals surface area contributed by atoms with Crippen LogP contribution in [0.2, 0.25) is 0 Å². The SMILES string of the molecule is CCOC(=O)c1ccccc1C(=O)OC1(C)C(=O)c2cccc(CC)c2C1=O. The van der Waals surface area contributed by atoms with E-state index in [-0.39, 0.29) is 23.3 Å². The summed E-state index contributed by atoms with van der Waals surface area (Å²) < 4.78 is 10.4. The molecule has 0 saturated heterocycles. The van der Waals surface area contributed by atoms with Crippen molar-refractivity contribution in [2.24, 2.45) is 0 Å². The second-order valence-corrected chi connectivity index (χ2v) is 6.54. The molecule has 6 heteroatoms. The van der Waals surface area contributed by atoms with Gasteiger partial charge in [0.1, 0.15) is 0 Å². The fraction of sp³-hybridized carbons (Fsp3) is 0.273. The Morgan fingerprint density at radius 2 is 1.54 bits per heavy atom. The summed E-state index contributed by atoms with van der Waals surface area (Å²) in [6.07, 6.45) is 0.567. The molecular weight excluding hydrogens is 360 g/mol. The topological polar surface area (TPSA) is 86.7 Å². The Hall–Kier alpha value is -3.28. The number of carbonyl (C=O) groups is 4. The van der Waals surface area contributed by atoms with E-state index in [1.807, 2.05) is 6.92 Å². The van der Waals surface area contributed by atoms with Crippen LogP contribution in [0.1, 0.15) is 67.8 Å². The molecule has 144 valence electrons. The summed E-state index contributed by atoms with van der Waals surface area (Å²) in [5.41, 5.74) is -0.742. The van der Waals surface area contributed by atoms with E-state index < -0.39 is 29.1 Å². The predicted molar refractivity (Wildman–Crippen MR) is 101 cm³/mol. The van der Waals surface area contributed by atoms with E-state index in [9.17, 15) is 19.2 Å². The van der Waals surface area contributed by atoms with Crippen LogP contribution in [0.15, 0.2) is 42.5 Å². The van der Waals surface area contributed by atoms with E-state index >= 15 is 0 Å². The van der Waals surface area contributed by atoms with E-state index in [1.54, 1.807) is 37.3 Å². The van der Waals surface area contributed by atoms with E-state index in [1.165, 1.54) is 19.1 Å². The van der Waals surface area contributed by atoms with Crippen molar-refractivity contribution in [1.82, 2.24) is 0 Å². The summed E-state index contributed by atoms with van der Waals surface area (Å²) in [6.45, 7) is 4.97. The molecule has 0 N–H and O–H groups in total. The van der Waals surface area contributed by atoms with Gasteiger partial charge in [-0.25, -0.2) is 9.59 Å². The third-order valence-electron chi connectivity index (χ3n) is 4.81. The molecule has 0 heterocycles. The van der Waals surface area contributed by atoms with Gasteiger partial charge in [-0.1, -0.05) is 37.3 Å². The van der Waals surface area contributed by atoms with Crippen molar-refractivity contribution >= 4 is 23.5 Å². The number of ketones is 2. The lowest BCUT2D eigenvalue weighted by atomic mass is 9.98. The third-order valence-corrected chi connectivity index (χ3v) is 4.81. The lowest BCUT2D eigenvalue weighted by Gasteiger charge is -2.21. The van der Waals surface area contributed by atoms with Crippen LogP contribution in [-0.4, -0.2) is 35.7 Å². The molecule has 0 aromatic heterocycles.